The van der Waals surface area contributed by atoms with Crippen molar-refractivity contribution in [3.63, 3.8) is 0 Å². The molecule has 0 heterocycles. The molecule has 0 aliphatic rings. The molecule has 0 aromatic heterocycles. The molecule has 20 nitrogen and oxygen atoms in total. The summed E-state index contributed by atoms with van der Waals surface area (Å²) in [7, 11) is 0. The summed E-state index contributed by atoms with van der Waals surface area (Å²) in [6, 6.07) is 6.74. The van der Waals surface area contributed by atoms with Crippen molar-refractivity contribution in [2.45, 2.75) is 0 Å². The number of non-ortho nitro benzene ring substituents is 2. The average molecular weight is 657 g/mol. The first-order chi connectivity index (χ1) is 22.2. The van der Waals surface area contributed by atoms with Gasteiger partial charge in [-0.05, 0) is 12.1 Å². The van der Waals surface area contributed by atoms with Gasteiger partial charge in [-0.2, -0.15) is 0 Å². The maximum Gasteiger partial charge on any atom is 0.299 e. The third-order valence-corrected chi connectivity index (χ3v) is 5.76. The molecule has 2 aromatic rings. The second kappa shape index (κ2) is 22.0. The van der Waals surface area contributed by atoms with Crippen LogP contribution in [0.4, 0.5) is 34.1 Å². The Bertz CT molecular complexity index is 1170. The Kier molecular flexibility index (Phi) is 18.0. The number of nitrogens with zero attached hydrogens (tertiary/aromatic N) is 4. The zero-order valence-electron chi connectivity index (χ0n) is 24.9. The van der Waals surface area contributed by atoms with Crippen molar-refractivity contribution < 1.29 is 48.1 Å². The standard InChI is InChI=1S/C26H36N6O14/c33-29(34)21-1-3-23(25(19-21)31(37)38)27-5-7-41-9-11-43-13-15-45-17-18-46-16-14-44-12-10-42-8-6-28-24-4-2-22(30(35)36)20-26(24)32(39)40/h1-4,19-20,27-28H,5-18H2. The van der Waals surface area contributed by atoms with Gasteiger partial charge in [-0.25, -0.2) is 0 Å². The van der Waals surface area contributed by atoms with Crippen LogP contribution in [-0.2, 0) is 28.4 Å². The zero-order chi connectivity index (χ0) is 33.6. The van der Waals surface area contributed by atoms with E-state index in [1.807, 2.05) is 0 Å². The fourth-order valence-electron chi connectivity index (χ4n) is 3.59. The van der Waals surface area contributed by atoms with Crippen LogP contribution in [0.25, 0.3) is 0 Å². The predicted molar refractivity (Wildman–Crippen MR) is 161 cm³/mol. The van der Waals surface area contributed by atoms with Gasteiger partial charge in [0, 0.05) is 25.2 Å². The molecule has 0 saturated heterocycles. The van der Waals surface area contributed by atoms with E-state index >= 15 is 0 Å². The number of hydrogen-bond acceptors (Lipinski definition) is 16. The summed E-state index contributed by atoms with van der Waals surface area (Å²) >= 11 is 0. The number of nitrogens with one attached hydrogen (secondary N) is 2. The van der Waals surface area contributed by atoms with Gasteiger partial charge in [-0.3, -0.25) is 40.5 Å². The maximum atomic E-state index is 11.1. The lowest BCUT2D eigenvalue weighted by atomic mass is 10.2. The molecular formula is C26H36N6O14. The molecular weight excluding hydrogens is 620 g/mol. The number of anilines is 2. The molecule has 0 fully saturated rings. The number of ether oxygens (including phenoxy) is 6. The van der Waals surface area contributed by atoms with Crippen molar-refractivity contribution in [2.24, 2.45) is 0 Å². The fourth-order valence-corrected chi connectivity index (χ4v) is 3.59. The van der Waals surface area contributed by atoms with Crippen molar-refractivity contribution in [3.8, 4) is 0 Å². The molecule has 0 amide bonds. The Hall–Kier alpha value is -4.60. The van der Waals surface area contributed by atoms with Crippen molar-refractivity contribution in [1.82, 2.24) is 0 Å². The first-order valence-corrected chi connectivity index (χ1v) is 14.0. The molecule has 0 saturated carbocycles. The SMILES string of the molecule is O=[N+]([O-])c1ccc(NCCOCCOCCOCCOCCOCCOCCNc2ccc([N+](=O)[O-])cc2[N+](=O)[O-])c([N+](=O)[O-])c1. The highest BCUT2D eigenvalue weighted by atomic mass is 16.6. The largest absolute Gasteiger partial charge is 0.377 e. The first kappa shape index (κ1) is 37.6. The van der Waals surface area contributed by atoms with Crippen LogP contribution in [0.3, 0.4) is 0 Å². The zero-order valence-corrected chi connectivity index (χ0v) is 24.9. The summed E-state index contributed by atoms with van der Waals surface area (Å²) in [6.07, 6.45) is 0. The molecule has 0 bridgehead atoms. The van der Waals surface area contributed by atoms with Gasteiger partial charge in [0.2, 0.25) is 0 Å². The van der Waals surface area contributed by atoms with E-state index in [1.54, 1.807) is 0 Å². The summed E-state index contributed by atoms with van der Waals surface area (Å²) < 4.78 is 32.4. The minimum Gasteiger partial charge on any atom is -0.377 e. The van der Waals surface area contributed by atoms with E-state index in [9.17, 15) is 40.5 Å². The number of nitro benzene ring substituents is 4. The molecule has 254 valence electrons. The first-order valence-electron chi connectivity index (χ1n) is 14.0. The predicted octanol–water partition coefficient (Wildman–Crippen LogP) is 2.94. The van der Waals surface area contributed by atoms with Crippen molar-refractivity contribution in [2.75, 3.05) is 103 Å². The van der Waals surface area contributed by atoms with Crippen LogP contribution < -0.4 is 10.6 Å². The van der Waals surface area contributed by atoms with Crippen LogP contribution in [0, 0.1) is 40.5 Å². The van der Waals surface area contributed by atoms with E-state index in [0.29, 0.717) is 66.1 Å². The van der Waals surface area contributed by atoms with Gasteiger partial charge < -0.3 is 39.1 Å². The highest BCUT2D eigenvalue weighted by Crippen LogP contribution is 2.29. The highest BCUT2D eigenvalue weighted by Gasteiger charge is 2.20. The van der Waals surface area contributed by atoms with Crippen LogP contribution in [0.15, 0.2) is 36.4 Å². The smallest absolute Gasteiger partial charge is 0.299 e. The summed E-state index contributed by atoms with van der Waals surface area (Å²) in [4.78, 5) is 41.1. The van der Waals surface area contributed by atoms with E-state index in [0.717, 1.165) is 12.1 Å². The van der Waals surface area contributed by atoms with Gasteiger partial charge in [0.25, 0.3) is 22.7 Å². The fraction of sp³-hybridized carbons (Fsp3) is 0.538. The van der Waals surface area contributed by atoms with Crippen LogP contribution >= 0.6 is 0 Å². The molecule has 20 heteroatoms. The summed E-state index contributed by atoms with van der Waals surface area (Å²) in [6.45, 7) is 4.53. The molecule has 0 aliphatic heterocycles. The van der Waals surface area contributed by atoms with Gasteiger partial charge in [0.05, 0.1) is 111 Å². The number of nitro groups is 4. The summed E-state index contributed by atoms with van der Waals surface area (Å²) in [5, 5.41) is 49.5. The molecule has 0 atom stereocenters. The van der Waals surface area contributed by atoms with Crippen LogP contribution in [0.5, 0.6) is 0 Å². The number of benzene rings is 2. The van der Waals surface area contributed by atoms with Gasteiger partial charge in [0.15, 0.2) is 0 Å². The quantitative estimate of drug-likeness (QED) is 0.0796. The van der Waals surface area contributed by atoms with Gasteiger partial charge in [-0.15, -0.1) is 0 Å². The lowest BCUT2D eigenvalue weighted by molar-refractivity contribution is -0.393. The molecule has 2 aromatic carbocycles. The van der Waals surface area contributed by atoms with E-state index < -0.39 is 19.7 Å². The van der Waals surface area contributed by atoms with Crippen LogP contribution in [0.1, 0.15) is 0 Å². The Morgan fingerprint density at radius 2 is 0.717 bits per heavy atom. The Balaban J connectivity index is 1.34. The normalized spacial score (nSPS) is 10.9. The van der Waals surface area contributed by atoms with Gasteiger partial charge >= 0.3 is 0 Å². The molecule has 0 radical (unpaired) electrons. The van der Waals surface area contributed by atoms with Crippen LogP contribution in [-0.4, -0.2) is 112 Å². The third-order valence-electron chi connectivity index (χ3n) is 5.76. The van der Waals surface area contributed by atoms with Gasteiger partial charge in [0.1, 0.15) is 11.4 Å². The number of rotatable bonds is 27. The molecule has 2 rings (SSSR count). The highest BCUT2D eigenvalue weighted by molar-refractivity contribution is 5.66. The Morgan fingerprint density at radius 1 is 0.435 bits per heavy atom. The van der Waals surface area contributed by atoms with E-state index in [4.69, 9.17) is 28.4 Å². The Morgan fingerprint density at radius 3 is 0.978 bits per heavy atom. The second-order valence-electron chi connectivity index (χ2n) is 8.96. The second-order valence-corrected chi connectivity index (χ2v) is 8.96. The van der Waals surface area contributed by atoms with E-state index in [-0.39, 0.29) is 60.4 Å². The minimum atomic E-state index is -0.697. The summed E-state index contributed by atoms with van der Waals surface area (Å²) in [5.41, 5.74) is -1.17. The van der Waals surface area contributed by atoms with E-state index in [2.05, 4.69) is 10.6 Å². The summed E-state index contributed by atoms with van der Waals surface area (Å²) in [5.74, 6) is 0. The Labute approximate surface area is 262 Å². The lowest BCUT2D eigenvalue weighted by Crippen LogP contribution is -2.16. The monoisotopic (exact) mass is 656 g/mol. The van der Waals surface area contributed by atoms with Crippen molar-refractivity contribution in [3.05, 3.63) is 76.9 Å². The van der Waals surface area contributed by atoms with E-state index in [1.165, 1.54) is 24.3 Å². The van der Waals surface area contributed by atoms with Gasteiger partial charge in [-0.1, -0.05) is 0 Å². The molecule has 2 N–H and O–H groups in total. The molecule has 0 spiro atoms. The van der Waals surface area contributed by atoms with Crippen molar-refractivity contribution in [1.29, 1.82) is 0 Å². The lowest BCUT2D eigenvalue weighted by Gasteiger charge is -2.09. The third kappa shape index (κ3) is 14.9. The average Bonchev–Trinajstić information content (AvgIpc) is 3.03. The maximum absolute atomic E-state index is 11.1. The topological polar surface area (TPSA) is 252 Å². The molecule has 46 heavy (non-hydrogen) atoms. The minimum absolute atomic E-state index is 0.165. The molecule has 0 unspecified atom stereocenters. The van der Waals surface area contributed by atoms with Crippen molar-refractivity contribution >= 4 is 34.1 Å². The number of hydrogen-bond donors (Lipinski definition) is 2. The van der Waals surface area contributed by atoms with Crippen LogP contribution in [0.2, 0.25) is 0 Å². The molecule has 0 aliphatic carbocycles.